The molecule has 19 heavy (non-hydrogen) atoms. The van der Waals surface area contributed by atoms with Gasteiger partial charge in [-0.3, -0.25) is 0 Å². The molecule has 102 valence electrons. The number of methoxy groups -OCH3 is 2. The standard InChI is InChI=1S/C15H20N2O2/c1-5-10-7-11-8-13(18-3)14(19-4)9-12(11)17-15(10)16-6-2/h7-9H,5-6H2,1-4H3,(H,16,17). The van der Waals surface area contributed by atoms with Crippen molar-refractivity contribution in [3.8, 4) is 11.5 Å². The number of pyridine rings is 1. The first-order chi connectivity index (χ1) is 9.23. The molecule has 2 aromatic rings. The maximum absolute atomic E-state index is 5.33. The minimum absolute atomic E-state index is 0.703. The molecule has 0 unspecified atom stereocenters. The predicted octanol–water partition coefficient (Wildman–Crippen LogP) is 3.25. The summed E-state index contributed by atoms with van der Waals surface area (Å²) in [7, 11) is 3.28. The van der Waals surface area contributed by atoms with Gasteiger partial charge in [-0.2, -0.15) is 0 Å². The van der Waals surface area contributed by atoms with Crippen molar-refractivity contribution in [2.75, 3.05) is 26.1 Å². The summed E-state index contributed by atoms with van der Waals surface area (Å²) in [4.78, 5) is 4.67. The average molecular weight is 260 g/mol. The SMILES string of the molecule is CCNc1nc2cc(OC)c(OC)cc2cc1CC. The van der Waals surface area contributed by atoms with E-state index in [1.807, 2.05) is 12.1 Å². The van der Waals surface area contributed by atoms with Crippen LogP contribution in [0.1, 0.15) is 19.4 Å². The molecular formula is C15H20N2O2. The maximum Gasteiger partial charge on any atom is 0.162 e. The Balaban J connectivity index is 2.63. The summed E-state index contributed by atoms with van der Waals surface area (Å²) in [6.45, 7) is 5.06. The highest BCUT2D eigenvalue weighted by Crippen LogP contribution is 2.33. The number of nitrogens with one attached hydrogen (secondary N) is 1. The molecule has 0 atom stereocenters. The van der Waals surface area contributed by atoms with E-state index in [9.17, 15) is 0 Å². The number of rotatable bonds is 5. The average Bonchev–Trinajstić information content (AvgIpc) is 2.45. The van der Waals surface area contributed by atoms with Crippen molar-refractivity contribution in [1.82, 2.24) is 4.98 Å². The Morgan fingerprint density at radius 3 is 2.32 bits per heavy atom. The molecule has 4 heteroatoms. The summed E-state index contributed by atoms with van der Waals surface area (Å²) in [6.07, 6.45) is 0.944. The van der Waals surface area contributed by atoms with Crippen LogP contribution in [0.5, 0.6) is 11.5 Å². The van der Waals surface area contributed by atoms with Crippen LogP contribution in [0.2, 0.25) is 0 Å². The molecule has 0 aliphatic carbocycles. The third-order valence-corrected chi connectivity index (χ3v) is 3.12. The number of benzene rings is 1. The Kier molecular flexibility index (Phi) is 4.10. The summed E-state index contributed by atoms with van der Waals surface area (Å²) in [5, 5.41) is 4.37. The van der Waals surface area contributed by atoms with Gasteiger partial charge < -0.3 is 14.8 Å². The van der Waals surface area contributed by atoms with E-state index in [0.29, 0.717) is 5.75 Å². The first kappa shape index (κ1) is 13.5. The maximum atomic E-state index is 5.33. The van der Waals surface area contributed by atoms with Crippen LogP contribution in [0.15, 0.2) is 18.2 Å². The van der Waals surface area contributed by atoms with Gasteiger partial charge in [-0.1, -0.05) is 6.92 Å². The zero-order valence-electron chi connectivity index (χ0n) is 11.9. The van der Waals surface area contributed by atoms with Gasteiger partial charge in [0.2, 0.25) is 0 Å². The molecule has 0 saturated heterocycles. The fourth-order valence-corrected chi connectivity index (χ4v) is 2.13. The molecule has 0 bridgehead atoms. The Bertz CT molecular complexity index is 582. The number of nitrogens with zero attached hydrogens (tertiary/aromatic N) is 1. The number of hydrogen-bond acceptors (Lipinski definition) is 4. The van der Waals surface area contributed by atoms with E-state index in [2.05, 4.69) is 30.2 Å². The van der Waals surface area contributed by atoms with Crippen LogP contribution in [-0.2, 0) is 6.42 Å². The highest BCUT2D eigenvalue weighted by Gasteiger charge is 2.10. The van der Waals surface area contributed by atoms with Crippen LogP contribution < -0.4 is 14.8 Å². The van der Waals surface area contributed by atoms with E-state index in [4.69, 9.17) is 9.47 Å². The number of aryl methyl sites for hydroxylation is 1. The Morgan fingerprint density at radius 2 is 1.74 bits per heavy atom. The van der Waals surface area contributed by atoms with Gasteiger partial charge in [0.05, 0.1) is 19.7 Å². The molecule has 0 saturated carbocycles. The van der Waals surface area contributed by atoms with Gasteiger partial charge in [0.1, 0.15) is 5.82 Å². The second-order valence-electron chi connectivity index (χ2n) is 4.28. The lowest BCUT2D eigenvalue weighted by atomic mass is 10.1. The normalized spacial score (nSPS) is 10.5. The molecule has 0 fully saturated rings. The minimum Gasteiger partial charge on any atom is -0.493 e. The molecular weight excluding hydrogens is 240 g/mol. The summed E-state index contributed by atoms with van der Waals surface area (Å²) in [5.41, 5.74) is 2.12. The molecule has 0 aliphatic heterocycles. The number of aromatic nitrogens is 1. The van der Waals surface area contributed by atoms with Crippen molar-refractivity contribution < 1.29 is 9.47 Å². The van der Waals surface area contributed by atoms with E-state index in [0.717, 1.165) is 35.4 Å². The van der Waals surface area contributed by atoms with Crippen molar-refractivity contribution in [1.29, 1.82) is 0 Å². The first-order valence-corrected chi connectivity index (χ1v) is 6.53. The summed E-state index contributed by atoms with van der Waals surface area (Å²) in [6, 6.07) is 6.03. The highest BCUT2D eigenvalue weighted by atomic mass is 16.5. The molecule has 1 N–H and O–H groups in total. The molecule has 0 radical (unpaired) electrons. The van der Waals surface area contributed by atoms with Crippen molar-refractivity contribution in [2.45, 2.75) is 20.3 Å². The van der Waals surface area contributed by atoms with Crippen molar-refractivity contribution >= 4 is 16.7 Å². The molecule has 0 amide bonds. The van der Waals surface area contributed by atoms with Crippen LogP contribution in [0, 0.1) is 0 Å². The predicted molar refractivity (Wildman–Crippen MR) is 78.4 cm³/mol. The van der Waals surface area contributed by atoms with E-state index in [1.54, 1.807) is 14.2 Å². The molecule has 0 spiro atoms. The van der Waals surface area contributed by atoms with E-state index in [-0.39, 0.29) is 0 Å². The molecule has 0 aliphatic rings. The quantitative estimate of drug-likeness (QED) is 0.896. The monoisotopic (exact) mass is 260 g/mol. The fraction of sp³-hybridized carbons (Fsp3) is 0.400. The highest BCUT2D eigenvalue weighted by molar-refractivity contribution is 5.85. The van der Waals surface area contributed by atoms with Crippen molar-refractivity contribution in [2.24, 2.45) is 0 Å². The lowest BCUT2D eigenvalue weighted by molar-refractivity contribution is 0.356. The Hall–Kier alpha value is -1.97. The van der Waals surface area contributed by atoms with Crippen LogP contribution >= 0.6 is 0 Å². The lowest BCUT2D eigenvalue weighted by Crippen LogP contribution is -2.03. The third kappa shape index (κ3) is 2.57. The van der Waals surface area contributed by atoms with Crippen LogP contribution in [0.25, 0.3) is 10.9 Å². The molecule has 1 heterocycles. The topological polar surface area (TPSA) is 43.4 Å². The first-order valence-electron chi connectivity index (χ1n) is 6.53. The number of fused-ring (bicyclic) bond motifs is 1. The van der Waals surface area contributed by atoms with E-state index >= 15 is 0 Å². The fourth-order valence-electron chi connectivity index (χ4n) is 2.13. The van der Waals surface area contributed by atoms with Crippen LogP contribution in [0.4, 0.5) is 5.82 Å². The zero-order valence-corrected chi connectivity index (χ0v) is 11.9. The second-order valence-corrected chi connectivity index (χ2v) is 4.28. The molecule has 2 rings (SSSR count). The van der Waals surface area contributed by atoms with Crippen LogP contribution in [-0.4, -0.2) is 25.7 Å². The number of ether oxygens (including phenoxy) is 2. The molecule has 4 nitrogen and oxygen atoms in total. The van der Waals surface area contributed by atoms with Crippen molar-refractivity contribution in [3.63, 3.8) is 0 Å². The summed E-state index contributed by atoms with van der Waals surface area (Å²) < 4.78 is 10.6. The number of hydrogen-bond donors (Lipinski definition) is 1. The Morgan fingerprint density at radius 1 is 1.05 bits per heavy atom. The lowest BCUT2D eigenvalue weighted by Gasteiger charge is -2.13. The summed E-state index contributed by atoms with van der Waals surface area (Å²) >= 11 is 0. The van der Waals surface area contributed by atoms with Gasteiger partial charge in [-0.15, -0.1) is 0 Å². The van der Waals surface area contributed by atoms with E-state index in [1.165, 1.54) is 5.56 Å². The van der Waals surface area contributed by atoms with Gasteiger partial charge in [-0.25, -0.2) is 4.98 Å². The Labute approximate surface area is 113 Å². The number of anilines is 1. The smallest absolute Gasteiger partial charge is 0.162 e. The minimum atomic E-state index is 0.703. The van der Waals surface area contributed by atoms with Gasteiger partial charge in [0.25, 0.3) is 0 Å². The largest absolute Gasteiger partial charge is 0.493 e. The second kappa shape index (κ2) is 5.78. The zero-order chi connectivity index (χ0) is 13.8. The molecule has 1 aromatic heterocycles. The van der Waals surface area contributed by atoms with E-state index < -0.39 is 0 Å². The van der Waals surface area contributed by atoms with Gasteiger partial charge in [-0.05, 0) is 31.0 Å². The van der Waals surface area contributed by atoms with Gasteiger partial charge >= 0.3 is 0 Å². The van der Waals surface area contributed by atoms with Gasteiger partial charge in [0, 0.05) is 18.0 Å². The third-order valence-electron chi connectivity index (χ3n) is 3.12. The van der Waals surface area contributed by atoms with Crippen LogP contribution in [0.3, 0.4) is 0 Å². The van der Waals surface area contributed by atoms with Crippen molar-refractivity contribution in [3.05, 3.63) is 23.8 Å². The van der Waals surface area contributed by atoms with Gasteiger partial charge in [0.15, 0.2) is 11.5 Å². The summed E-state index contributed by atoms with van der Waals surface area (Å²) in [5.74, 6) is 2.38. The molecule has 1 aromatic carbocycles.